The lowest BCUT2D eigenvalue weighted by Crippen LogP contribution is -2.44. The zero-order valence-corrected chi connectivity index (χ0v) is 15.6. The van der Waals surface area contributed by atoms with E-state index in [1.54, 1.807) is 5.48 Å². The first-order valence-electron chi connectivity index (χ1n) is 7.78. The Balaban J connectivity index is 2.50. The summed E-state index contributed by atoms with van der Waals surface area (Å²) >= 11 is 5.34. The molecule has 1 aromatic rings. The van der Waals surface area contributed by atoms with Gasteiger partial charge in [-0.1, -0.05) is 12.2 Å². The van der Waals surface area contributed by atoms with Gasteiger partial charge < -0.3 is 19.1 Å². The highest BCUT2D eigenvalue weighted by Gasteiger charge is 2.40. The van der Waals surface area contributed by atoms with E-state index in [0.717, 1.165) is 13.2 Å². The number of amides is 1. The van der Waals surface area contributed by atoms with Crippen molar-refractivity contribution in [1.82, 2.24) is 10.4 Å². The summed E-state index contributed by atoms with van der Waals surface area (Å²) in [6.45, 7) is 0.184. The first kappa shape index (κ1) is 21.2. The van der Waals surface area contributed by atoms with E-state index in [2.05, 4.69) is 0 Å². The molecule has 0 aromatic heterocycles. The third kappa shape index (κ3) is 4.25. The van der Waals surface area contributed by atoms with Gasteiger partial charge in [-0.2, -0.15) is 13.2 Å². The molecule has 2 atom stereocenters. The quantitative estimate of drug-likeness (QED) is 0.438. The number of ether oxygens (including phenoxy) is 3. The van der Waals surface area contributed by atoms with Gasteiger partial charge in [0.1, 0.15) is 16.6 Å². The minimum absolute atomic E-state index is 0.00500. The maximum atomic E-state index is 13.4. The van der Waals surface area contributed by atoms with Crippen LogP contribution < -0.4 is 15.0 Å². The van der Waals surface area contributed by atoms with E-state index in [9.17, 15) is 18.0 Å². The van der Waals surface area contributed by atoms with Crippen LogP contribution in [-0.2, 0) is 15.7 Å². The van der Waals surface area contributed by atoms with Crippen molar-refractivity contribution in [2.75, 3.05) is 27.9 Å². The molecule has 2 N–H and O–H groups in total. The van der Waals surface area contributed by atoms with Gasteiger partial charge in [0, 0.05) is 25.6 Å². The van der Waals surface area contributed by atoms with E-state index in [-0.39, 0.29) is 35.4 Å². The van der Waals surface area contributed by atoms with Gasteiger partial charge in [-0.05, 0) is 12.1 Å². The van der Waals surface area contributed by atoms with Crippen molar-refractivity contribution in [3.05, 3.63) is 23.3 Å². The van der Waals surface area contributed by atoms with Crippen LogP contribution in [0.25, 0.3) is 0 Å². The standard InChI is InChI=1S/C16H19F3N2O5S/c1-24-9-6-11(14(22)20-23)21(7-9)15(27)8-4-10(16(17,18)19)13(26-3)12(5-8)25-2/h4-5,9,11,23H,6-7H2,1-3H3,(H,20,22)/t9-,11-/m1/s1. The van der Waals surface area contributed by atoms with Crippen LogP contribution in [0, 0.1) is 0 Å². The topological polar surface area (TPSA) is 80.3 Å². The number of alkyl halides is 3. The molecule has 11 heteroatoms. The van der Waals surface area contributed by atoms with Crippen molar-refractivity contribution in [3.63, 3.8) is 0 Å². The van der Waals surface area contributed by atoms with Crippen LogP contribution in [0.2, 0.25) is 0 Å². The molecule has 0 saturated carbocycles. The molecule has 0 radical (unpaired) electrons. The van der Waals surface area contributed by atoms with Gasteiger partial charge in [-0.15, -0.1) is 0 Å². The molecule has 27 heavy (non-hydrogen) atoms. The fourth-order valence-electron chi connectivity index (χ4n) is 2.98. The van der Waals surface area contributed by atoms with Gasteiger partial charge in [0.05, 0.1) is 20.3 Å². The number of hydroxylamine groups is 1. The number of hydrogen-bond acceptors (Lipinski definition) is 6. The Kier molecular flexibility index (Phi) is 6.50. The van der Waals surface area contributed by atoms with Crippen molar-refractivity contribution in [2.24, 2.45) is 0 Å². The molecule has 0 bridgehead atoms. The second-order valence-corrected chi connectivity index (χ2v) is 6.19. The smallest absolute Gasteiger partial charge is 0.420 e. The first-order valence-corrected chi connectivity index (χ1v) is 8.19. The minimum atomic E-state index is -4.70. The summed E-state index contributed by atoms with van der Waals surface area (Å²) in [6.07, 6.45) is -4.85. The molecular formula is C16H19F3N2O5S. The van der Waals surface area contributed by atoms with E-state index >= 15 is 0 Å². The lowest BCUT2D eigenvalue weighted by Gasteiger charge is -2.26. The molecule has 1 aliphatic rings. The van der Waals surface area contributed by atoms with Gasteiger partial charge >= 0.3 is 6.18 Å². The maximum Gasteiger partial charge on any atom is 0.420 e. The number of carbonyl (C=O) groups excluding carboxylic acids is 1. The Morgan fingerprint density at radius 3 is 2.44 bits per heavy atom. The average Bonchev–Trinajstić information content (AvgIpc) is 3.09. The van der Waals surface area contributed by atoms with Crippen LogP contribution in [0.15, 0.2) is 12.1 Å². The van der Waals surface area contributed by atoms with E-state index < -0.39 is 29.4 Å². The van der Waals surface area contributed by atoms with Crippen molar-refractivity contribution < 1.29 is 37.4 Å². The Morgan fingerprint density at radius 1 is 1.30 bits per heavy atom. The average molecular weight is 408 g/mol. The largest absolute Gasteiger partial charge is 0.493 e. The zero-order valence-electron chi connectivity index (χ0n) is 14.8. The number of likely N-dealkylation sites (tertiary alicyclic amines) is 1. The summed E-state index contributed by atoms with van der Waals surface area (Å²) in [4.78, 5) is 13.3. The molecule has 1 saturated heterocycles. The molecule has 1 aromatic carbocycles. The Bertz CT molecular complexity index is 729. The summed E-state index contributed by atoms with van der Waals surface area (Å²) in [5, 5.41) is 8.93. The van der Waals surface area contributed by atoms with Gasteiger partial charge in [0.2, 0.25) is 0 Å². The van der Waals surface area contributed by atoms with Gasteiger partial charge in [0.25, 0.3) is 5.91 Å². The second-order valence-electron chi connectivity index (χ2n) is 5.80. The summed E-state index contributed by atoms with van der Waals surface area (Å²) in [5.74, 6) is -1.33. The third-order valence-corrected chi connectivity index (χ3v) is 4.77. The Hall–Kier alpha value is -2.11. The van der Waals surface area contributed by atoms with Crippen LogP contribution in [0.3, 0.4) is 0 Å². The molecule has 0 spiro atoms. The lowest BCUT2D eigenvalue weighted by molar-refractivity contribution is -0.139. The molecule has 1 amide bonds. The predicted octanol–water partition coefficient (Wildman–Crippen LogP) is 1.99. The normalized spacial score (nSPS) is 19.7. The highest BCUT2D eigenvalue weighted by atomic mass is 32.1. The SMILES string of the molecule is COc1cc(C(=S)N2C[C@H](OC)C[C@@H]2C(=O)NO)cc(C(F)(F)F)c1OC. The molecular weight excluding hydrogens is 389 g/mol. The molecule has 2 rings (SSSR count). The Morgan fingerprint density at radius 2 is 1.96 bits per heavy atom. The number of methoxy groups -OCH3 is 3. The number of nitrogens with zero attached hydrogens (tertiary/aromatic N) is 1. The highest BCUT2D eigenvalue weighted by Crippen LogP contribution is 2.43. The number of halogens is 3. The third-order valence-electron chi connectivity index (χ3n) is 4.30. The number of benzene rings is 1. The number of rotatable bonds is 5. The van der Waals surface area contributed by atoms with Gasteiger partial charge in [0.15, 0.2) is 11.5 Å². The number of thiocarbonyl (C=S) groups is 1. The molecule has 7 nitrogen and oxygen atoms in total. The summed E-state index contributed by atoms with van der Waals surface area (Å²) < 4.78 is 55.4. The molecule has 1 heterocycles. The molecule has 0 unspecified atom stereocenters. The van der Waals surface area contributed by atoms with Crippen molar-refractivity contribution in [1.29, 1.82) is 0 Å². The first-order chi connectivity index (χ1) is 12.7. The zero-order chi connectivity index (χ0) is 20.4. The lowest BCUT2D eigenvalue weighted by atomic mass is 10.1. The molecule has 1 fully saturated rings. The molecule has 150 valence electrons. The monoisotopic (exact) mass is 408 g/mol. The minimum Gasteiger partial charge on any atom is -0.493 e. The van der Waals surface area contributed by atoms with Crippen LogP contribution >= 0.6 is 12.2 Å². The van der Waals surface area contributed by atoms with Crippen molar-refractivity contribution >= 4 is 23.1 Å². The van der Waals surface area contributed by atoms with Crippen LogP contribution in [-0.4, -0.2) is 61.0 Å². The predicted molar refractivity (Wildman–Crippen MR) is 92.1 cm³/mol. The van der Waals surface area contributed by atoms with Crippen LogP contribution in [0.4, 0.5) is 13.2 Å². The molecule has 0 aliphatic carbocycles. The number of nitrogens with one attached hydrogen (secondary N) is 1. The van der Waals surface area contributed by atoms with Gasteiger partial charge in [-0.25, -0.2) is 5.48 Å². The van der Waals surface area contributed by atoms with E-state index in [4.69, 9.17) is 31.6 Å². The van der Waals surface area contributed by atoms with E-state index in [1.807, 2.05) is 0 Å². The molecule has 1 aliphatic heterocycles. The highest BCUT2D eigenvalue weighted by molar-refractivity contribution is 7.80. The second kappa shape index (κ2) is 8.28. The number of hydrogen-bond donors (Lipinski definition) is 2. The van der Waals surface area contributed by atoms with Crippen LogP contribution in [0.1, 0.15) is 17.5 Å². The fraction of sp³-hybridized carbons (Fsp3) is 0.500. The fourth-order valence-corrected chi connectivity index (χ4v) is 3.30. The van der Waals surface area contributed by atoms with Crippen molar-refractivity contribution in [3.8, 4) is 11.5 Å². The maximum absolute atomic E-state index is 13.4. The summed E-state index contributed by atoms with van der Waals surface area (Å²) in [6, 6.07) is 1.28. The van der Waals surface area contributed by atoms with Crippen LogP contribution in [0.5, 0.6) is 11.5 Å². The number of carbonyl (C=O) groups is 1. The summed E-state index contributed by atoms with van der Waals surface area (Å²) in [7, 11) is 3.77. The Labute approximate surface area is 158 Å². The summed E-state index contributed by atoms with van der Waals surface area (Å²) in [5.41, 5.74) is 0.525. The van der Waals surface area contributed by atoms with E-state index in [1.165, 1.54) is 25.2 Å². The van der Waals surface area contributed by atoms with Crippen molar-refractivity contribution in [2.45, 2.75) is 24.7 Å². The van der Waals surface area contributed by atoms with E-state index in [0.29, 0.717) is 0 Å². The van der Waals surface area contributed by atoms with Gasteiger partial charge in [-0.3, -0.25) is 10.0 Å².